The van der Waals surface area contributed by atoms with Crippen molar-refractivity contribution in [1.29, 1.82) is 0 Å². The van der Waals surface area contributed by atoms with Gasteiger partial charge in [-0.25, -0.2) is 0 Å². The second-order valence-electron chi connectivity index (χ2n) is 10.1. The highest BCUT2D eigenvalue weighted by molar-refractivity contribution is 7.13. The lowest BCUT2D eigenvalue weighted by Crippen LogP contribution is -2.49. The second-order valence-corrected chi connectivity index (χ2v) is 16.0. The van der Waals surface area contributed by atoms with E-state index in [1.807, 2.05) is 17.4 Å². The number of hydrogen-bond acceptors (Lipinski definition) is 2. The summed E-state index contributed by atoms with van der Waals surface area (Å²) in [6.07, 6.45) is 1.86. The van der Waals surface area contributed by atoms with Gasteiger partial charge in [-0.3, -0.25) is 0 Å². The van der Waals surface area contributed by atoms with Gasteiger partial charge in [0.2, 0.25) is 0 Å². The average molecular weight is 425 g/mol. The predicted octanol–water partition coefficient (Wildman–Crippen LogP) is 7.27. The van der Waals surface area contributed by atoms with Gasteiger partial charge < -0.3 is 4.74 Å². The van der Waals surface area contributed by atoms with Gasteiger partial charge in [0, 0.05) is 15.3 Å². The smallest absolute Gasteiger partial charge is 0.122 e. The van der Waals surface area contributed by atoms with Crippen LogP contribution in [0.3, 0.4) is 0 Å². The Morgan fingerprint density at radius 1 is 1.10 bits per heavy atom. The third-order valence-electron chi connectivity index (χ3n) is 6.38. The summed E-state index contributed by atoms with van der Waals surface area (Å²) in [5.41, 5.74) is 7.70. The standard InChI is InChI=1S/C26H36OSSi/c1-11-12-27-23-21(26(6,7)8)13-16(2)14-22(23)29(9,10)25-19(5)18(4)20-15-17(3)28-24(20)25/h11,13-15,25H,1,12H2,2-10H3. The van der Waals surface area contributed by atoms with E-state index in [2.05, 4.69) is 86.3 Å². The van der Waals surface area contributed by atoms with Gasteiger partial charge in [-0.15, -0.1) is 11.3 Å². The molecule has 1 aliphatic carbocycles. The predicted molar refractivity (Wildman–Crippen MR) is 133 cm³/mol. The Bertz CT molecular complexity index is 985. The quantitative estimate of drug-likeness (QED) is 0.362. The van der Waals surface area contributed by atoms with Crippen molar-refractivity contribution in [1.82, 2.24) is 0 Å². The molecule has 1 aliphatic rings. The number of ether oxygens (including phenoxy) is 1. The summed E-state index contributed by atoms with van der Waals surface area (Å²) in [4.78, 5) is 2.99. The molecule has 0 bridgehead atoms. The van der Waals surface area contributed by atoms with Crippen molar-refractivity contribution >= 4 is 30.2 Å². The fourth-order valence-electron chi connectivity index (χ4n) is 4.80. The third-order valence-corrected chi connectivity index (χ3v) is 11.6. The zero-order valence-electron chi connectivity index (χ0n) is 19.6. The number of fused-ring (bicyclic) bond motifs is 1. The molecule has 1 unspecified atom stereocenters. The van der Waals surface area contributed by atoms with Crippen molar-refractivity contribution in [2.24, 2.45) is 0 Å². The molecule has 1 aromatic heterocycles. The van der Waals surface area contributed by atoms with Crippen molar-refractivity contribution in [2.75, 3.05) is 6.61 Å². The van der Waals surface area contributed by atoms with E-state index in [-0.39, 0.29) is 5.41 Å². The Balaban J connectivity index is 2.26. The van der Waals surface area contributed by atoms with Crippen LogP contribution in [0.25, 0.3) is 5.57 Å². The van der Waals surface area contributed by atoms with E-state index < -0.39 is 8.07 Å². The van der Waals surface area contributed by atoms with E-state index in [1.165, 1.54) is 32.3 Å². The highest BCUT2D eigenvalue weighted by Crippen LogP contribution is 2.50. The summed E-state index contributed by atoms with van der Waals surface area (Å²) in [6, 6.07) is 7.10. The summed E-state index contributed by atoms with van der Waals surface area (Å²) in [6.45, 7) is 25.5. The summed E-state index contributed by atoms with van der Waals surface area (Å²) in [7, 11) is -1.93. The molecule has 0 fully saturated rings. The maximum atomic E-state index is 6.40. The summed E-state index contributed by atoms with van der Waals surface area (Å²) in [5, 5.41) is 1.44. The largest absolute Gasteiger partial charge is 0.489 e. The lowest BCUT2D eigenvalue weighted by atomic mass is 9.85. The van der Waals surface area contributed by atoms with Gasteiger partial charge in [0.25, 0.3) is 0 Å². The molecule has 156 valence electrons. The normalized spacial score (nSPS) is 16.9. The Kier molecular flexibility index (Phi) is 5.79. The summed E-state index contributed by atoms with van der Waals surface area (Å²) in [5.74, 6) is 1.10. The van der Waals surface area contributed by atoms with E-state index in [9.17, 15) is 0 Å². The van der Waals surface area contributed by atoms with E-state index >= 15 is 0 Å². The van der Waals surface area contributed by atoms with E-state index in [0.29, 0.717) is 12.1 Å². The molecule has 0 saturated heterocycles. The zero-order valence-corrected chi connectivity index (χ0v) is 21.4. The first kappa shape index (κ1) is 22.1. The topological polar surface area (TPSA) is 9.23 Å². The molecule has 1 aromatic carbocycles. The molecule has 0 radical (unpaired) electrons. The molecule has 1 nitrogen and oxygen atoms in total. The van der Waals surface area contributed by atoms with E-state index in [4.69, 9.17) is 4.74 Å². The lowest BCUT2D eigenvalue weighted by Gasteiger charge is -2.36. The van der Waals surface area contributed by atoms with Gasteiger partial charge >= 0.3 is 0 Å². The van der Waals surface area contributed by atoms with Gasteiger partial charge in [-0.2, -0.15) is 0 Å². The van der Waals surface area contributed by atoms with Crippen LogP contribution in [0.1, 0.15) is 66.6 Å². The molecular weight excluding hydrogens is 388 g/mol. The number of allylic oxidation sites excluding steroid dienone is 2. The van der Waals surface area contributed by atoms with Crippen LogP contribution in [-0.2, 0) is 5.41 Å². The van der Waals surface area contributed by atoms with Crippen LogP contribution in [0.4, 0.5) is 0 Å². The number of thiophene rings is 1. The van der Waals surface area contributed by atoms with Crippen LogP contribution in [0.5, 0.6) is 5.75 Å². The highest BCUT2D eigenvalue weighted by atomic mass is 32.1. The Labute approximate surface area is 182 Å². The molecule has 1 heterocycles. The van der Waals surface area contributed by atoms with Crippen molar-refractivity contribution in [3.05, 3.63) is 62.9 Å². The third kappa shape index (κ3) is 3.80. The Morgan fingerprint density at radius 3 is 2.34 bits per heavy atom. The van der Waals surface area contributed by atoms with Gasteiger partial charge in [0.1, 0.15) is 12.4 Å². The molecule has 0 amide bonds. The van der Waals surface area contributed by atoms with Crippen LogP contribution < -0.4 is 9.92 Å². The minimum Gasteiger partial charge on any atom is -0.489 e. The fraction of sp³-hybridized carbons (Fsp3) is 0.462. The number of aryl methyl sites for hydroxylation is 2. The lowest BCUT2D eigenvalue weighted by molar-refractivity contribution is 0.353. The van der Waals surface area contributed by atoms with Gasteiger partial charge in [0.05, 0.1) is 8.07 Å². The molecule has 0 aliphatic heterocycles. The number of benzene rings is 1. The van der Waals surface area contributed by atoms with Gasteiger partial charge in [0.15, 0.2) is 0 Å². The molecule has 0 N–H and O–H groups in total. The van der Waals surface area contributed by atoms with E-state index in [1.54, 1.807) is 10.5 Å². The van der Waals surface area contributed by atoms with E-state index in [0.717, 1.165) is 5.75 Å². The molecule has 2 aromatic rings. The Hall–Kier alpha value is -1.58. The first-order valence-corrected chi connectivity index (χ1v) is 14.5. The van der Waals surface area contributed by atoms with Crippen LogP contribution in [-0.4, -0.2) is 14.7 Å². The number of rotatable bonds is 5. The minimum absolute atomic E-state index is 0.0307. The Morgan fingerprint density at radius 2 is 1.76 bits per heavy atom. The zero-order chi connectivity index (χ0) is 21.7. The molecule has 0 saturated carbocycles. The van der Waals surface area contributed by atoms with Crippen LogP contribution in [0.2, 0.25) is 13.1 Å². The highest BCUT2D eigenvalue weighted by Gasteiger charge is 2.44. The van der Waals surface area contributed by atoms with Crippen LogP contribution in [0, 0.1) is 13.8 Å². The first-order chi connectivity index (χ1) is 13.4. The SMILES string of the molecule is C=CCOc1c(C(C)(C)C)cc(C)cc1[Si](C)(C)C1C(C)=C(C)c2cc(C)sc21. The van der Waals surface area contributed by atoms with Crippen LogP contribution >= 0.6 is 11.3 Å². The maximum absolute atomic E-state index is 6.40. The van der Waals surface area contributed by atoms with Gasteiger partial charge in [-0.05, 0) is 61.1 Å². The summed E-state index contributed by atoms with van der Waals surface area (Å²) < 4.78 is 6.40. The van der Waals surface area contributed by atoms with Crippen molar-refractivity contribution in [2.45, 2.75) is 72.5 Å². The average Bonchev–Trinajstić information content (AvgIpc) is 3.08. The maximum Gasteiger partial charge on any atom is 0.122 e. The molecule has 29 heavy (non-hydrogen) atoms. The van der Waals surface area contributed by atoms with Crippen molar-refractivity contribution in [3.8, 4) is 5.75 Å². The molecule has 3 rings (SSSR count). The molecule has 0 spiro atoms. The fourth-order valence-corrected chi connectivity index (χ4v) is 10.8. The van der Waals surface area contributed by atoms with Crippen molar-refractivity contribution < 1.29 is 4.74 Å². The second kappa shape index (κ2) is 7.59. The minimum atomic E-state index is -1.93. The van der Waals surface area contributed by atoms with Crippen LogP contribution in [0.15, 0.2) is 36.4 Å². The first-order valence-electron chi connectivity index (χ1n) is 10.6. The molecule has 3 heteroatoms. The monoisotopic (exact) mass is 424 g/mol. The van der Waals surface area contributed by atoms with Gasteiger partial charge in [-0.1, -0.05) is 69.8 Å². The molecule has 1 atom stereocenters. The van der Waals surface area contributed by atoms with Crippen molar-refractivity contribution in [3.63, 3.8) is 0 Å². The number of hydrogen-bond donors (Lipinski definition) is 0. The summed E-state index contributed by atoms with van der Waals surface area (Å²) >= 11 is 1.99. The molecular formula is C26H36OSSi.